The number of aryl methyl sites for hydroxylation is 1. The summed E-state index contributed by atoms with van der Waals surface area (Å²) in [5.41, 5.74) is 6.76. The number of pyridine rings is 1. The topological polar surface area (TPSA) is 88.7 Å². The third kappa shape index (κ3) is 5.05. The van der Waals surface area contributed by atoms with Crippen molar-refractivity contribution < 1.29 is 14.6 Å². The van der Waals surface area contributed by atoms with Crippen molar-refractivity contribution in [3.05, 3.63) is 59.4 Å². The van der Waals surface area contributed by atoms with E-state index in [2.05, 4.69) is 9.88 Å². The second-order valence-electron chi connectivity index (χ2n) is 7.18. The van der Waals surface area contributed by atoms with E-state index in [0.717, 1.165) is 43.1 Å². The number of aromatic nitrogens is 1. The molecule has 1 aromatic carbocycles. The van der Waals surface area contributed by atoms with Crippen molar-refractivity contribution in [2.75, 3.05) is 26.2 Å². The normalized spacial score (nSPS) is 16.8. The Hall–Kier alpha value is -2.44. The lowest BCUT2D eigenvalue weighted by Crippen LogP contribution is -2.43. The van der Waals surface area contributed by atoms with E-state index in [1.807, 2.05) is 25.3 Å². The van der Waals surface area contributed by atoms with Crippen molar-refractivity contribution in [1.82, 2.24) is 9.88 Å². The number of nitrogens with zero attached hydrogens (tertiary/aromatic N) is 2. The first-order chi connectivity index (χ1) is 13.0. The molecule has 0 aliphatic carbocycles. The third-order valence-corrected chi connectivity index (χ3v) is 5.10. The minimum atomic E-state index is -0.817. The Bertz CT molecular complexity index is 751. The third-order valence-electron chi connectivity index (χ3n) is 5.10. The molecule has 0 saturated carbocycles. The number of nitrogens with two attached hydrogens (primary N) is 1. The van der Waals surface area contributed by atoms with Gasteiger partial charge < -0.3 is 20.5 Å². The number of primary amides is 1. The number of rotatable bonds is 7. The molecule has 0 atom stereocenters. The minimum absolute atomic E-state index is 0.438. The van der Waals surface area contributed by atoms with E-state index < -0.39 is 11.5 Å². The number of likely N-dealkylation sites (tertiary alicyclic amines) is 1. The summed E-state index contributed by atoms with van der Waals surface area (Å²) >= 11 is 0. The number of amides is 1. The Labute approximate surface area is 160 Å². The van der Waals surface area contributed by atoms with Crippen molar-refractivity contribution in [2.24, 2.45) is 5.73 Å². The number of carbonyl (C=O) groups excluding carboxylic acids is 1. The van der Waals surface area contributed by atoms with Crippen molar-refractivity contribution in [3.8, 4) is 5.75 Å². The van der Waals surface area contributed by atoms with Gasteiger partial charge in [-0.15, -0.1) is 0 Å². The molecular weight excluding hydrogens is 342 g/mol. The molecule has 3 rings (SSSR count). The molecule has 0 bridgehead atoms. The van der Waals surface area contributed by atoms with E-state index in [4.69, 9.17) is 10.5 Å². The lowest BCUT2D eigenvalue weighted by Gasteiger charge is -2.37. The Balaban J connectivity index is 1.39. The van der Waals surface area contributed by atoms with E-state index in [-0.39, 0.29) is 0 Å². The van der Waals surface area contributed by atoms with Crippen LogP contribution in [-0.2, 0) is 5.60 Å². The van der Waals surface area contributed by atoms with Gasteiger partial charge in [-0.3, -0.25) is 9.78 Å². The van der Waals surface area contributed by atoms with Gasteiger partial charge in [-0.2, -0.15) is 0 Å². The highest BCUT2D eigenvalue weighted by Gasteiger charge is 2.34. The Morgan fingerprint density at radius 1 is 1.22 bits per heavy atom. The van der Waals surface area contributed by atoms with Crippen molar-refractivity contribution in [3.63, 3.8) is 0 Å². The van der Waals surface area contributed by atoms with Crippen LogP contribution in [0, 0.1) is 6.92 Å². The maximum atomic E-state index is 11.1. The monoisotopic (exact) mass is 369 g/mol. The van der Waals surface area contributed by atoms with Crippen molar-refractivity contribution in [1.29, 1.82) is 0 Å². The Kier molecular flexibility index (Phi) is 6.08. The molecule has 1 saturated heterocycles. The molecule has 0 radical (unpaired) electrons. The van der Waals surface area contributed by atoms with Gasteiger partial charge in [0.15, 0.2) is 0 Å². The summed E-state index contributed by atoms with van der Waals surface area (Å²) in [6.07, 6.45) is 4.10. The second-order valence-corrected chi connectivity index (χ2v) is 7.18. The molecule has 27 heavy (non-hydrogen) atoms. The standard InChI is InChI=1S/C21H27N3O3/c1-16-3-8-19(23-15-16)21(26)9-12-24(13-10-21)11-2-14-27-18-6-4-17(5-7-18)20(22)25/h3-8,15,26H,2,9-14H2,1H3,(H2,22,25). The first-order valence-corrected chi connectivity index (χ1v) is 9.37. The SMILES string of the molecule is Cc1ccc(C2(O)CCN(CCCOc3ccc(C(N)=O)cc3)CC2)nc1. The summed E-state index contributed by atoms with van der Waals surface area (Å²) in [5.74, 6) is 0.297. The highest BCUT2D eigenvalue weighted by Crippen LogP contribution is 2.31. The Morgan fingerprint density at radius 3 is 2.52 bits per heavy atom. The van der Waals surface area contributed by atoms with Gasteiger partial charge in [0, 0.05) is 31.4 Å². The van der Waals surface area contributed by atoms with Crippen molar-refractivity contribution in [2.45, 2.75) is 31.8 Å². The summed E-state index contributed by atoms with van der Waals surface area (Å²) in [4.78, 5) is 17.8. The molecule has 1 amide bonds. The van der Waals surface area contributed by atoms with E-state index in [1.165, 1.54) is 0 Å². The van der Waals surface area contributed by atoms with Gasteiger partial charge in [0.1, 0.15) is 11.4 Å². The number of hydrogen-bond donors (Lipinski definition) is 2. The summed E-state index contributed by atoms with van der Waals surface area (Å²) < 4.78 is 5.72. The average Bonchev–Trinajstić information content (AvgIpc) is 2.67. The molecular formula is C21H27N3O3. The molecule has 0 unspecified atom stereocenters. The van der Waals surface area contributed by atoms with Crippen LogP contribution in [-0.4, -0.2) is 47.1 Å². The van der Waals surface area contributed by atoms with Crippen LogP contribution in [0.2, 0.25) is 0 Å². The zero-order valence-electron chi connectivity index (χ0n) is 15.7. The maximum Gasteiger partial charge on any atom is 0.248 e. The number of aliphatic hydroxyl groups is 1. The van der Waals surface area contributed by atoms with Crippen LogP contribution in [0.15, 0.2) is 42.6 Å². The fraction of sp³-hybridized carbons (Fsp3) is 0.429. The molecule has 2 heterocycles. The van der Waals surface area contributed by atoms with Crippen LogP contribution >= 0.6 is 0 Å². The fourth-order valence-corrected chi connectivity index (χ4v) is 3.34. The summed E-state index contributed by atoms with van der Waals surface area (Å²) in [6.45, 7) is 5.23. The Morgan fingerprint density at radius 2 is 1.93 bits per heavy atom. The molecule has 1 aliphatic rings. The van der Waals surface area contributed by atoms with Gasteiger partial charge in [-0.1, -0.05) is 6.07 Å². The lowest BCUT2D eigenvalue weighted by molar-refractivity contribution is -0.0298. The molecule has 144 valence electrons. The number of carbonyl (C=O) groups is 1. The second kappa shape index (κ2) is 8.50. The molecule has 1 aliphatic heterocycles. The predicted molar refractivity (Wildman–Crippen MR) is 104 cm³/mol. The maximum absolute atomic E-state index is 11.1. The zero-order valence-corrected chi connectivity index (χ0v) is 15.7. The number of piperidine rings is 1. The number of ether oxygens (including phenoxy) is 1. The smallest absolute Gasteiger partial charge is 0.248 e. The first-order valence-electron chi connectivity index (χ1n) is 9.37. The highest BCUT2D eigenvalue weighted by molar-refractivity contribution is 5.92. The first kappa shape index (κ1) is 19.3. The zero-order chi connectivity index (χ0) is 19.3. The highest BCUT2D eigenvalue weighted by atomic mass is 16.5. The van der Waals surface area contributed by atoms with Crippen molar-refractivity contribution >= 4 is 5.91 Å². The average molecular weight is 369 g/mol. The van der Waals surface area contributed by atoms with E-state index in [0.29, 0.717) is 25.0 Å². The molecule has 3 N–H and O–H groups in total. The molecule has 6 heteroatoms. The van der Waals surface area contributed by atoms with E-state index in [1.54, 1.807) is 24.3 Å². The predicted octanol–water partition coefficient (Wildman–Crippen LogP) is 2.24. The van der Waals surface area contributed by atoms with Crippen LogP contribution in [0.3, 0.4) is 0 Å². The molecule has 0 spiro atoms. The lowest BCUT2D eigenvalue weighted by atomic mass is 9.87. The van der Waals surface area contributed by atoms with Gasteiger partial charge >= 0.3 is 0 Å². The molecule has 2 aromatic rings. The van der Waals surface area contributed by atoms with Crippen LogP contribution in [0.1, 0.15) is 40.9 Å². The largest absolute Gasteiger partial charge is 0.494 e. The molecule has 6 nitrogen and oxygen atoms in total. The van der Waals surface area contributed by atoms with Gasteiger partial charge in [0.2, 0.25) is 5.91 Å². The van der Waals surface area contributed by atoms with E-state index in [9.17, 15) is 9.90 Å². The quantitative estimate of drug-likeness (QED) is 0.731. The molecule has 1 fully saturated rings. The van der Waals surface area contributed by atoms with Crippen LogP contribution in [0.4, 0.5) is 0 Å². The minimum Gasteiger partial charge on any atom is -0.494 e. The van der Waals surface area contributed by atoms with Crippen LogP contribution < -0.4 is 10.5 Å². The van der Waals surface area contributed by atoms with Gasteiger partial charge in [0.05, 0.1) is 12.3 Å². The number of benzene rings is 1. The van der Waals surface area contributed by atoms with Gasteiger partial charge in [-0.05, 0) is 62.1 Å². The van der Waals surface area contributed by atoms with Crippen LogP contribution in [0.5, 0.6) is 5.75 Å². The van der Waals surface area contributed by atoms with E-state index >= 15 is 0 Å². The summed E-state index contributed by atoms with van der Waals surface area (Å²) in [6, 6.07) is 10.8. The molecule has 1 aromatic heterocycles. The fourth-order valence-electron chi connectivity index (χ4n) is 3.34. The van der Waals surface area contributed by atoms with Crippen LogP contribution in [0.25, 0.3) is 0 Å². The van der Waals surface area contributed by atoms with Gasteiger partial charge in [0.25, 0.3) is 0 Å². The summed E-state index contributed by atoms with van der Waals surface area (Å²) in [5, 5.41) is 10.9. The van der Waals surface area contributed by atoms with Gasteiger partial charge in [-0.25, -0.2) is 0 Å². The summed E-state index contributed by atoms with van der Waals surface area (Å²) in [7, 11) is 0. The number of hydrogen-bond acceptors (Lipinski definition) is 5.